The van der Waals surface area contributed by atoms with Crippen LogP contribution in [-0.4, -0.2) is 11.7 Å². The fourth-order valence-corrected chi connectivity index (χ4v) is 2.45. The first-order valence-electron chi connectivity index (χ1n) is 5.71. The second-order valence-corrected chi connectivity index (χ2v) is 5.23. The quantitative estimate of drug-likeness (QED) is 0.902. The first-order chi connectivity index (χ1) is 9.03. The number of nitriles is 1. The molecule has 1 atom stereocenters. The minimum Gasteiger partial charge on any atom is -0.384 e. The van der Waals surface area contributed by atoms with E-state index in [0.717, 1.165) is 5.56 Å². The molecule has 1 aromatic carbocycles. The van der Waals surface area contributed by atoms with Crippen LogP contribution >= 0.6 is 11.3 Å². The number of aliphatic hydroxyl groups is 1. The van der Waals surface area contributed by atoms with E-state index < -0.39 is 11.4 Å². The minimum absolute atomic E-state index is 0.187. The summed E-state index contributed by atoms with van der Waals surface area (Å²) in [6.07, 6.45) is 0. The van der Waals surface area contributed by atoms with E-state index in [1.54, 1.807) is 6.92 Å². The molecule has 0 unspecified atom stereocenters. The number of halogens is 1. The van der Waals surface area contributed by atoms with Gasteiger partial charge in [-0.25, -0.2) is 4.39 Å². The molecular formula is C14H13FN2OS. The molecule has 3 nitrogen and oxygen atoms in total. The van der Waals surface area contributed by atoms with Crippen molar-refractivity contribution in [1.82, 2.24) is 0 Å². The Morgan fingerprint density at radius 2 is 2.26 bits per heavy atom. The molecule has 0 radical (unpaired) electrons. The van der Waals surface area contributed by atoms with Crippen LogP contribution in [0.4, 0.5) is 10.1 Å². The van der Waals surface area contributed by atoms with E-state index in [1.165, 1.54) is 29.5 Å². The molecule has 0 spiro atoms. The van der Waals surface area contributed by atoms with E-state index in [-0.39, 0.29) is 17.8 Å². The maximum atomic E-state index is 13.7. The minimum atomic E-state index is -1.07. The van der Waals surface area contributed by atoms with Gasteiger partial charge in [-0.15, -0.1) is 0 Å². The van der Waals surface area contributed by atoms with Crippen LogP contribution in [0.15, 0.2) is 35.0 Å². The lowest BCUT2D eigenvalue weighted by molar-refractivity contribution is 0.0719. The van der Waals surface area contributed by atoms with Gasteiger partial charge < -0.3 is 10.4 Å². The van der Waals surface area contributed by atoms with Gasteiger partial charge in [-0.1, -0.05) is 0 Å². The Labute approximate surface area is 114 Å². The largest absolute Gasteiger partial charge is 0.384 e. The van der Waals surface area contributed by atoms with Crippen molar-refractivity contribution in [2.45, 2.75) is 12.5 Å². The van der Waals surface area contributed by atoms with Crippen molar-refractivity contribution in [2.24, 2.45) is 0 Å². The summed E-state index contributed by atoms with van der Waals surface area (Å²) in [5.41, 5.74) is 0.265. The Hall–Kier alpha value is -1.90. The molecule has 0 fully saturated rings. The van der Waals surface area contributed by atoms with E-state index in [1.807, 2.05) is 22.9 Å². The monoisotopic (exact) mass is 276 g/mol. The third-order valence-corrected chi connectivity index (χ3v) is 3.55. The van der Waals surface area contributed by atoms with Crippen LogP contribution in [0.1, 0.15) is 18.1 Å². The molecule has 0 saturated heterocycles. The highest BCUT2D eigenvalue weighted by Crippen LogP contribution is 2.24. The van der Waals surface area contributed by atoms with Gasteiger partial charge >= 0.3 is 0 Å². The number of nitrogens with one attached hydrogen (secondary N) is 1. The van der Waals surface area contributed by atoms with Crippen molar-refractivity contribution in [3.63, 3.8) is 0 Å². The van der Waals surface area contributed by atoms with E-state index >= 15 is 0 Å². The molecule has 5 heteroatoms. The molecule has 0 aliphatic rings. The van der Waals surface area contributed by atoms with Crippen LogP contribution in [0.3, 0.4) is 0 Å². The second kappa shape index (κ2) is 5.39. The van der Waals surface area contributed by atoms with Crippen LogP contribution in [0.2, 0.25) is 0 Å². The summed E-state index contributed by atoms with van der Waals surface area (Å²) in [4.78, 5) is 0. The van der Waals surface area contributed by atoms with Gasteiger partial charge in [0, 0.05) is 6.54 Å². The van der Waals surface area contributed by atoms with Crippen molar-refractivity contribution in [1.29, 1.82) is 5.26 Å². The number of benzene rings is 1. The van der Waals surface area contributed by atoms with Gasteiger partial charge in [0.15, 0.2) is 0 Å². The number of rotatable bonds is 4. The van der Waals surface area contributed by atoms with Crippen LogP contribution in [-0.2, 0) is 5.60 Å². The van der Waals surface area contributed by atoms with Crippen molar-refractivity contribution >= 4 is 17.0 Å². The summed E-state index contributed by atoms with van der Waals surface area (Å²) in [6.45, 7) is 1.86. The first-order valence-corrected chi connectivity index (χ1v) is 6.66. The molecule has 0 bridgehead atoms. The van der Waals surface area contributed by atoms with Gasteiger partial charge in [-0.05, 0) is 47.5 Å². The Morgan fingerprint density at radius 3 is 2.84 bits per heavy atom. The predicted octanol–water partition coefficient (Wildman–Crippen LogP) is 3.08. The van der Waals surface area contributed by atoms with Gasteiger partial charge in [0.25, 0.3) is 0 Å². The molecule has 2 aromatic rings. The van der Waals surface area contributed by atoms with Gasteiger partial charge in [0.2, 0.25) is 0 Å². The fraction of sp³-hybridized carbons (Fsp3) is 0.214. The van der Waals surface area contributed by atoms with Crippen molar-refractivity contribution in [3.05, 3.63) is 52.0 Å². The molecule has 0 aliphatic heterocycles. The highest BCUT2D eigenvalue weighted by Gasteiger charge is 2.23. The third-order valence-electron chi connectivity index (χ3n) is 2.86. The van der Waals surface area contributed by atoms with Gasteiger partial charge in [-0.3, -0.25) is 0 Å². The summed E-state index contributed by atoms with van der Waals surface area (Å²) >= 11 is 1.50. The van der Waals surface area contributed by atoms with E-state index in [2.05, 4.69) is 5.32 Å². The van der Waals surface area contributed by atoms with E-state index in [0.29, 0.717) is 0 Å². The SMILES string of the molecule is C[C@](O)(CNc1ccc(C#N)cc1F)c1ccsc1. The molecular weight excluding hydrogens is 263 g/mol. The summed E-state index contributed by atoms with van der Waals surface area (Å²) < 4.78 is 13.7. The molecule has 1 aromatic heterocycles. The molecule has 1 heterocycles. The van der Waals surface area contributed by atoms with Crippen LogP contribution in [0.5, 0.6) is 0 Å². The van der Waals surface area contributed by atoms with Gasteiger partial charge in [0.05, 0.1) is 17.3 Å². The van der Waals surface area contributed by atoms with Gasteiger partial charge in [-0.2, -0.15) is 16.6 Å². The maximum absolute atomic E-state index is 13.7. The number of nitrogens with zero attached hydrogens (tertiary/aromatic N) is 1. The predicted molar refractivity (Wildman–Crippen MR) is 73.5 cm³/mol. The number of thiophene rings is 1. The summed E-state index contributed by atoms with van der Waals surface area (Å²) in [7, 11) is 0. The Morgan fingerprint density at radius 1 is 1.47 bits per heavy atom. The van der Waals surface area contributed by atoms with Crippen LogP contribution < -0.4 is 5.32 Å². The van der Waals surface area contributed by atoms with Crippen LogP contribution in [0.25, 0.3) is 0 Å². The highest BCUT2D eigenvalue weighted by atomic mass is 32.1. The van der Waals surface area contributed by atoms with E-state index in [9.17, 15) is 9.50 Å². The molecule has 0 saturated carbocycles. The van der Waals surface area contributed by atoms with Gasteiger partial charge in [0.1, 0.15) is 11.4 Å². The zero-order valence-corrected chi connectivity index (χ0v) is 11.2. The smallest absolute Gasteiger partial charge is 0.147 e. The second-order valence-electron chi connectivity index (χ2n) is 4.45. The maximum Gasteiger partial charge on any atom is 0.147 e. The number of hydrogen-bond donors (Lipinski definition) is 2. The van der Waals surface area contributed by atoms with Crippen LogP contribution in [0, 0.1) is 17.1 Å². The normalized spacial score (nSPS) is 13.6. The zero-order valence-electron chi connectivity index (χ0n) is 10.4. The average molecular weight is 276 g/mol. The third kappa shape index (κ3) is 3.11. The summed E-state index contributed by atoms with van der Waals surface area (Å²) in [5, 5.41) is 25.6. The Balaban J connectivity index is 2.09. The van der Waals surface area contributed by atoms with Crippen molar-refractivity contribution < 1.29 is 9.50 Å². The lowest BCUT2D eigenvalue weighted by atomic mass is 9.99. The zero-order chi connectivity index (χ0) is 13.9. The molecule has 0 aliphatic carbocycles. The number of hydrogen-bond acceptors (Lipinski definition) is 4. The number of anilines is 1. The lowest BCUT2D eigenvalue weighted by Crippen LogP contribution is -2.30. The highest BCUT2D eigenvalue weighted by molar-refractivity contribution is 7.08. The fourth-order valence-electron chi connectivity index (χ4n) is 1.67. The standard InChI is InChI=1S/C14H13FN2OS/c1-14(18,11-4-5-19-8-11)9-17-13-3-2-10(7-16)6-12(13)15/h2-6,8,17-18H,9H2,1H3/t14-/m0/s1. The summed E-state index contributed by atoms with van der Waals surface area (Å²) in [5.74, 6) is -0.500. The lowest BCUT2D eigenvalue weighted by Gasteiger charge is -2.23. The topological polar surface area (TPSA) is 56.0 Å². The van der Waals surface area contributed by atoms with Crippen molar-refractivity contribution in [3.8, 4) is 6.07 Å². The molecule has 19 heavy (non-hydrogen) atoms. The van der Waals surface area contributed by atoms with E-state index in [4.69, 9.17) is 5.26 Å². The molecule has 2 N–H and O–H groups in total. The summed E-state index contributed by atoms with van der Waals surface area (Å²) in [6, 6.07) is 7.91. The first kappa shape index (κ1) is 13.5. The molecule has 98 valence electrons. The van der Waals surface area contributed by atoms with Crippen molar-refractivity contribution in [2.75, 3.05) is 11.9 Å². The average Bonchev–Trinajstić information content (AvgIpc) is 2.92. The molecule has 2 rings (SSSR count). The Kier molecular flexibility index (Phi) is 3.84. The molecule has 0 amide bonds. The Bertz CT molecular complexity index is 602.